The Morgan fingerprint density at radius 3 is 2.61 bits per heavy atom. The van der Waals surface area contributed by atoms with Crippen molar-refractivity contribution >= 4 is 22.9 Å². The number of aliphatic hydroxyl groups is 3. The summed E-state index contributed by atoms with van der Waals surface area (Å²) >= 11 is 0. The first-order valence-corrected chi connectivity index (χ1v) is 16.9. The molecule has 1 aromatic heterocycles. The number of nitrogens with one attached hydrogen (secondary N) is 2. The molecule has 1 unspecified atom stereocenters. The second-order valence-electron chi connectivity index (χ2n) is 14.7. The van der Waals surface area contributed by atoms with Gasteiger partial charge < -0.3 is 44.9 Å². The standard InChI is InChI=1S/C36H58N4O6/c1-22-20-36(5,44)33(46-35-32(42)30(39(6)7)18-23(2)45-35)24(3)31(41)25(4)34(43)38-28(15-17-40(8)21-22)11-9-10-26-12-13-29-27(19-26)14-16-37-29/h9-10,12-14,16,19,22-25,28,30-33,35,37,41-42,44H,11,15,17-18,20-21H2,1-8H3,(H,38,43)/b10-9+/t22-,23-,24+,25+,28?,30+,31+,32-,33-,35+,36-/m1/s1. The molecule has 2 aliphatic heterocycles. The summed E-state index contributed by atoms with van der Waals surface area (Å²) in [7, 11) is 5.89. The van der Waals surface area contributed by atoms with Crippen LogP contribution in [0.4, 0.5) is 0 Å². The number of amides is 1. The van der Waals surface area contributed by atoms with E-state index in [4.69, 9.17) is 9.47 Å². The van der Waals surface area contributed by atoms with E-state index in [1.165, 1.54) is 0 Å². The number of hydrogen-bond donors (Lipinski definition) is 5. The highest BCUT2D eigenvalue weighted by atomic mass is 16.7. The number of fused-ring (bicyclic) bond motifs is 1. The van der Waals surface area contributed by atoms with Crippen molar-refractivity contribution in [2.45, 2.75) is 109 Å². The Morgan fingerprint density at radius 1 is 1.15 bits per heavy atom. The first kappa shape index (κ1) is 36.5. The Balaban J connectivity index is 1.54. The van der Waals surface area contributed by atoms with Gasteiger partial charge in [-0.2, -0.15) is 0 Å². The van der Waals surface area contributed by atoms with Crippen molar-refractivity contribution < 1.29 is 29.6 Å². The zero-order valence-electron chi connectivity index (χ0n) is 29.0. The van der Waals surface area contributed by atoms with Crippen molar-refractivity contribution in [1.29, 1.82) is 0 Å². The molecule has 10 nitrogen and oxygen atoms in total. The van der Waals surface area contributed by atoms with Crippen LogP contribution in [0.5, 0.6) is 0 Å². The van der Waals surface area contributed by atoms with Gasteiger partial charge in [0.2, 0.25) is 5.91 Å². The third-order valence-electron chi connectivity index (χ3n) is 10.0. The van der Waals surface area contributed by atoms with Crippen LogP contribution < -0.4 is 5.32 Å². The Morgan fingerprint density at radius 2 is 1.89 bits per heavy atom. The van der Waals surface area contributed by atoms with Crippen LogP contribution in [0.15, 0.2) is 36.5 Å². The van der Waals surface area contributed by atoms with Crippen molar-refractivity contribution in [3.05, 3.63) is 42.1 Å². The molecule has 3 heterocycles. The summed E-state index contributed by atoms with van der Waals surface area (Å²) in [5.41, 5.74) is 0.826. The molecule has 1 amide bonds. The van der Waals surface area contributed by atoms with Crippen molar-refractivity contribution in [1.82, 2.24) is 20.1 Å². The van der Waals surface area contributed by atoms with Gasteiger partial charge in [0.05, 0.1) is 29.8 Å². The third kappa shape index (κ3) is 9.18. The molecule has 0 bridgehead atoms. The van der Waals surface area contributed by atoms with Crippen LogP contribution >= 0.6 is 0 Å². The lowest BCUT2D eigenvalue weighted by Crippen LogP contribution is -2.59. The smallest absolute Gasteiger partial charge is 0.225 e. The molecular weight excluding hydrogens is 584 g/mol. The highest BCUT2D eigenvalue weighted by Crippen LogP contribution is 2.35. The SMILES string of the molecule is C[C@H]1CN(C)CCC(C/C=C/c2ccc3[nH]ccc3c2)NC(=O)[C@@H](C)[C@@H](O)[C@H](C)[C@@H](O[C@@H]2O[C@H](C)C[C@H](N(C)C)[C@H]2O)[C@](C)(O)C1. The van der Waals surface area contributed by atoms with Crippen LogP contribution in [-0.2, 0) is 14.3 Å². The van der Waals surface area contributed by atoms with Crippen LogP contribution in [0.25, 0.3) is 17.0 Å². The van der Waals surface area contributed by atoms with E-state index in [1.54, 1.807) is 20.8 Å². The number of H-pyrrole nitrogens is 1. The summed E-state index contributed by atoms with van der Waals surface area (Å²) in [6, 6.07) is 8.02. The molecule has 46 heavy (non-hydrogen) atoms. The first-order chi connectivity index (χ1) is 21.7. The molecule has 2 aromatic rings. The number of likely N-dealkylation sites (N-methyl/N-ethyl adjacent to an activating group) is 1. The normalized spacial score (nSPS) is 37.9. The molecule has 0 spiro atoms. The summed E-state index contributed by atoms with van der Waals surface area (Å²) in [6.07, 6.45) is 4.47. The summed E-state index contributed by atoms with van der Waals surface area (Å²) < 4.78 is 12.6. The molecular formula is C36H58N4O6. The fourth-order valence-corrected chi connectivity index (χ4v) is 7.44. The van der Waals surface area contributed by atoms with Gasteiger partial charge in [-0.1, -0.05) is 39.0 Å². The maximum Gasteiger partial charge on any atom is 0.225 e. The second-order valence-corrected chi connectivity index (χ2v) is 14.7. The largest absolute Gasteiger partial charge is 0.392 e. The van der Waals surface area contributed by atoms with E-state index in [9.17, 15) is 20.1 Å². The zero-order valence-corrected chi connectivity index (χ0v) is 29.0. The Hall–Kier alpha value is -2.31. The molecule has 0 radical (unpaired) electrons. The number of carbonyl (C=O) groups excluding carboxylic acids is 1. The van der Waals surface area contributed by atoms with E-state index in [-0.39, 0.29) is 30.0 Å². The number of aliphatic hydroxyl groups excluding tert-OH is 2. The molecule has 0 aliphatic carbocycles. The molecule has 1 aromatic carbocycles. The van der Waals surface area contributed by atoms with Gasteiger partial charge in [-0.15, -0.1) is 0 Å². The van der Waals surface area contributed by atoms with Gasteiger partial charge in [0.25, 0.3) is 0 Å². The molecule has 258 valence electrons. The Labute approximate surface area is 275 Å². The van der Waals surface area contributed by atoms with E-state index in [1.807, 2.05) is 32.1 Å². The molecule has 2 aliphatic rings. The highest BCUT2D eigenvalue weighted by molar-refractivity contribution is 5.82. The minimum Gasteiger partial charge on any atom is -0.392 e. The molecule has 0 saturated carbocycles. The van der Waals surface area contributed by atoms with Crippen molar-refractivity contribution in [2.24, 2.45) is 17.8 Å². The van der Waals surface area contributed by atoms with E-state index < -0.39 is 42.0 Å². The van der Waals surface area contributed by atoms with Crippen molar-refractivity contribution in [2.75, 3.05) is 34.2 Å². The Kier molecular flexibility index (Phi) is 12.5. The van der Waals surface area contributed by atoms with Crippen LogP contribution in [0.1, 0.15) is 65.9 Å². The molecule has 10 heteroatoms. The van der Waals surface area contributed by atoms with Crippen LogP contribution in [0.2, 0.25) is 0 Å². The van der Waals surface area contributed by atoms with Gasteiger partial charge in [0.1, 0.15) is 6.10 Å². The van der Waals surface area contributed by atoms with Gasteiger partial charge in [0.15, 0.2) is 6.29 Å². The number of aromatic amines is 1. The third-order valence-corrected chi connectivity index (χ3v) is 10.0. The predicted molar refractivity (Wildman–Crippen MR) is 182 cm³/mol. The second kappa shape index (κ2) is 15.7. The van der Waals surface area contributed by atoms with Gasteiger partial charge >= 0.3 is 0 Å². The summed E-state index contributed by atoms with van der Waals surface area (Å²) in [6.45, 7) is 10.8. The minimum atomic E-state index is -1.37. The van der Waals surface area contributed by atoms with Gasteiger partial charge in [-0.3, -0.25) is 4.79 Å². The fraction of sp³-hybridized carbons (Fsp3) is 0.694. The predicted octanol–water partition coefficient (Wildman–Crippen LogP) is 3.61. The van der Waals surface area contributed by atoms with Crippen molar-refractivity contribution in [3.63, 3.8) is 0 Å². The number of aromatic nitrogens is 1. The number of nitrogens with zero attached hydrogens (tertiary/aromatic N) is 2. The minimum absolute atomic E-state index is 0.109. The lowest BCUT2D eigenvalue weighted by molar-refractivity contribution is -0.299. The zero-order chi connectivity index (χ0) is 33.8. The number of benzene rings is 1. The summed E-state index contributed by atoms with van der Waals surface area (Å²) in [4.78, 5) is 21.0. The lowest BCUT2D eigenvalue weighted by Gasteiger charge is -2.46. The van der Waals surface area contributed by atoms with Crippen molar-refractivity contribution in [3.8, 4) is 0 Å². The van der Waals surface area contributed by atoms with Crippen LogP contribution in [-0.4, -0.2) is 119 Å². The molecule has 4 rings (SSSR count). The molecule has 5 N–H and O–H groups in total. The van der Waals surface area contributed by atoms with Crippen LogP contribution in [0.3, 0.4) is 0 Å². The number of rotatable bonds is 6. The molecule has 11 atom stereocenters. The van der Waals surface area contributed by atoms with Gasteiger partial charge in [0, 0.05) is 36.3 Å². The Bertz CT molecular complexity index is 1300. The monoisotopic (exact) mass is 642 g/mol. The van der Waals surface area contributed by atoms with Gasteiger partial charge in [-0.25, -0.2) is 0 Å². The van der Waals surface area contributed by atoms with E-state index in [0.29, 0.717) is 19.3 Å². The fourth-order valence-electron chi connectivity index (χ4n) is 7.44. The molecule has 2 saturated heterocycles. The van der Waals surface area contributed by atoms with E-state index in [0.717, 1.165) is 36.0 Å². The number of ether oxygens (including phenoxy) is 2. The quantitative estimate of drug-likeness (QED) is 0.323. The average molecular weight is 643 g/mol. The maximum absolute atomic E-state index is 13.6. The average Bonchev–Trinajstić information content (AvgIpc) is 3.45. The summed E-state index contributed by atoms with van der Waals surface area (Å²) in [5, 5.41) is 39.2. The maximum atomic E-state index is 13.6. The summed E-state index contributed by atoms with van der Waals surface area (Å²) in [5.74, 6) is -1.54. The topological polar surface area (TPSA) is 131 Å². The lowest BCUT2D eigenvalue weighted by atomic mass is 9.77. The van der Waals surface area contributed by atoms with Gasteiger partial charge in [-0.05, 0) is 102 Å². The molecule has 2 fully saturated rings. The first-order valence-electron chi connectivity index (χ1n) is 16.9. The number of carbonyl (C=O) groups is 1. The highest BCUT2D eigenvalue weighted by Gasteiger charge is 2.47. The van der Waals surface area contributed by atoms with E-state index in [2.05, 4.69) is 65.6 Å². The van der Waals surface area contributed by atoms with E-state index >= 15 is 0 Å². The van der Waals surface area contributed by atoms with Crippen LogP contribution in [0, 0.1) is 17.8 Å². The number of hydrogen-bond acceptors (Lipinski definition) is 8.